The van der Waals surface area contributed by atoms with Gasteiger partial charge in [0.2, 0.25) is 5.91 Å². The Labute approximate surface area is 453 Å². The Morgan fingerprint density at radius 3 is 0.771 bits per heavy atom. The molecule has 0 aromatic heterocycles. The molecule has 1 fully saturated rings. The highest BCUT2D eigenvalue weighted by atomic mass is 16.6. The number of amides is 1. The zero-order valence-corrected chi connectivity index (χ0v) is 42.3. The van der Waals surface area contributed by atoms with E-state index in [4.69, 9.17) is 4.74 Å². The minimum Gasteiger partial charge on any atom is -0.388 e. The standard InChI is InChI=1S/C78H15NO4/c80-74(79-14(11-12-7-3-1-4-8-12)76(82)83-75(81)13-9-5-2-6-10-13)73-77-69-61-53-43-33-25-17-15-16-19-23-21(17)29-37-31(23)41-35-27(19)28-20(16)24-22-18(15)26(25)34-40-30(22)38-32(24)42-36(28)46-45(35)55-49(41)59-51(37)57(47(53)39(29)33)65(69)67(59)71-63(55)64-56(46)50(42)60-52(38)58-48(40)54(44(34)43)62(61)70(77)66(58)68(60)72(64)78(71,73)77/h1-10,14,73H,11H2,(H,79,80). The predicted molar refractivity (Wildman–Crippen MR) is 336 cm³/mol. The molecule has 5 aliphatic rings. The molecule has 0 saturated heterocycles. The summed E-state index contributed by atoms with van der Waals surface area (Å²) in [7, 11) is 0. The third-order valence-electron chi connectivity index (χ3n) is 27.6. The molecule has 30 aromatic rings. The highest BCUT2D eigenvalue weighted by Gasteiger charge is 2.88. The molecule has 0 bridgehead atoms. The number of carbonyl (C=O) groups is 3. The first kappa shape index (κ1) is 33.3. The van der Waals surface area contributed by atoms with Gasteiger partial charge in [0.15, 0.2) is 0 Å². The molecule has 0 aliphatic heterocycles. The lowest BCUT2D eigenvalue weighted by molar-refractivity contribution is -0.142. The van der Waals surface area contributed by atoms with Crippen LogP contribution in [-0.4, -0.2) is 23.9 Å². The van der Waals surface area contributed by atoms with Crippen LogP contribution in [0.15, 0.2) is 60.7 Å². The summed E-state index contributed by atoms with van der Waals surface area (Å²) in [5, 5.41) is 85.3. The number of carbonyl (C=O) groups excluding carboxylic acids is 3. The van der Waals surface area contributed by atoms with Crippen molar-refractivity contribution in [3.8, 4) is 0 Å². The van der Waals surface area contributed by atoms with E-state index in [1.165, 1.54) is 216 Å². The van der Waals surface area contributed by atoms with Gasteiger partial charge in [-0.2, -0.15) is 0 Å². The van der Waals surface area contributed by atoms with Gasteiger partial charge in [-0.3, -0.25) is 4.79 Å². The zero-order chi connectivity index (χ0) is 50.7. The van der Waals surface area contributed by atoms with Crippen LogP contribution in [-0.2, 0) is 31.6 Å². The summed E-state index contributed by atoms with van der Waals surface area (Å²) in [6, 6.07) is 17.6. The van der Waals surface area contributed by atoms with Crippen LogP contribution < -0.4 is 5.32 Å². The van der Waals surface area contributed by atoms with E-state index in [2.05, 4.69) is 5.32 Å². The number of rotatable bonds is 6. The van der Waals surface area contributed by atoms with Gasteiger partial charge in [-0.15, -0.1) is 0 Å². The summed E-state index contributed by atoms with van der Waals surface area (Å²) in [5.41, 5.74) is 5.40. The van der Waals surface area contributed by atoms with E-state index >= 15 is 9.59 Å². The Morgan fingerprint density at radius 2 is 0.530 bits per heavy atom. The molecular formula is C78H15NO4. The molecule has 5 nitrogen and oxygen atoms in total. The smallest absolute Gasteiger partial charge is 0.345 e. The summed E-state index contributed by atoms with van der Waals surface area (Å²) in [5.74, 6) is -2.12. The van der Waals surface area contributed by atoms with E-state index in [-0.39, 0.29) is 12.3 Å². The van der Waals surface area contributed by atoms with Crippen LogP contribution in [0.1, 0.15) is 38.2 Å². The lowest BCUT2D eigenvalue weighted by Crippen LogP contribution is -2.45. The molecule has 83 heavy (non-hydrogen) atoms. The molecular weight excluding hydrogens is 1010 g/mol. The third-order valence-corrected chi connectivity index (χ3v) is 27.6. The van der Waals surface area contributed by atoms with Crippen molar-refractivity contribution in [1.82, 2.24) is 5.32 Å². The SMILES string of the molecule is O=C(OC(=O)C(Cc1ccccc1)NC(=O)C1C23c4c5c6c7c8c9c(c%10c%11c2c2c4c4c%12c5c5c6c6c8c8c%13c9c9c%10c%10c%11c%11c2c2c4c4c%12c%12c5c5c6c8c6c8c%13c9c9c%10c%10c%11c2c2c4c4c%12c5c6c5c8c9c%10c2c45)C713)c1ccccc1. The Hall–Kier alpha value is -10.5. The fourth-order valence-electron chi connectivity index (χ4n) is 26.9. The van der Waals surface area contributed by atoms with Gasteiger partial charge in [-0.25, -0.2) is 9.59 Å². The van der Waals surface area contributed by atoms with Crippen LogP contribution in [0.3, 0.4) is 0 Å². The first-order valence-corrected chi connectivity index (χ1v) is 30.0. The second-order valence-electron chi connectivity index (χ2n) is 28.6. The second kappa shape index (κ2) is 8.10. The Bertz CT molecular complexity index is 7560. The minimum absolute atomic E-state index is 0.106. The number of hydrogen-bond acceptors (Lipinski definition) is 4. The van der Waals surface area contributed by atoms with Crippen molar-refractivity contribution in [3.63, 3.8) is 0 Å². The molecule has 5 aliphatic carbocycles. The summed E-state index contributed by atoms with van der Waals surface area (Å²) in [4.78, 5) is 46.4. The zero-order valence-electron chi connectivity index (χ0n) is 42.3. The average Bonchev–Trinajstić information content (AvgIpc) is 1.37. The first-order valence-electron chi connectivity index (χ1n) is 30.0. The molecule has 356 valence electrons. The summed E-state index contributed by atoms with van der Waals surface area (Å²) >= 11 is 0. The summed E-state index contributed by atoms with van der Waals surface area (Å²) in [6.07, 6.45) is 0.192. The molecule has 5 heteroatoms. The molecule has 1 saturated carbocycles. The Kier molecular flexibility index (Phi) is 3.25. The Balaban J connectivity index is 0.883. The highest BCUT2D eigenvalue weighted by molar-refractivity contribution is 6.82. The van der Waals surface area contributed by atoms with E-state index in [1.807, 2.05) is 36.4 Å². The molecule has 1 unspecified atom stereocenters. The normalized spacial score (nSPS) is 21.6. The molecule has 30 aromatic carbocycles. The van der Waals surface area contributed by atoms with Gasteiger partial charge in [0, 0.05) is 6.42 Å². The van der Waals surface area contributed by atoms with E-state index in [0.717, 1.165) is 5.56 Å². The monoisotopic (exact) mass is 1030 g/mol. The quantitative estimate of drug-likeness (QED) is 0.102. The fourth-order valence-corrected chi connectivity index (χ4v) is 26.9. The summed E-state index contributed by atoms with van der Waals surface area (Å²) < 4.78 is 5.89. The number of ether oxygens (including phenoxy) is 1. The fraction of sp³-hybridized carbons (Fsp3) is 0.0641. The summed E-state index contributed by atoms with van der Waals surface area (Å²) in [6.45, 7) is 0. The van der Waals surface area contributed by atoms with Crippen LogP contribution in [0, 0.1) is 5.92 Å². The average molecular weight is 1030 g/mol. The molecule has 1 atom stereocenters. The number of nitrogens with one attached hydrogen (secondary N) is 1. The van der Waals surface area contributed by atoms with Gasteiger partial charge in [0.1, 0.15) is 6.04 Å². The lowest BCUT2D eigenvalue weighted by Gasteiger charge is -2.32. The Morgan fingerprint density at radius 1 is 0.313 bits per heavy atom. The van der Waals surface area contributed by atoms with Crippen LogP contribution in [0.2, 0.25) is 0 Å². The van der Waals surface area contributed by atoms with Gasteiger partial charge >= 0.3 is 11.9 Å². The van der Waals surface area contributed by atoms with Crippen molar-refractivity contribution in [1.29, 1.82) is 0 Å². The van der Waals surface area contributed by atoms with Gasteiger partial charge in [0.05, 0.1) is 22.3 Å². The van der Waals surface area contributed by atoms with Crippen molar-refractivity contribution < 1.29 is 19.1 Å². The number of hydrogen-bond donors (Lipinski definition) is 1. The van der Waals surface area contributed by atoms with Crippen molar-refractivity contribution in [3.05, 3.63) is 94.0 Å². The van der Waals surface area contributed by atoms with Crippen molar-refractivity contribution in [2.75, 3.05) is 0 Å². The molecule has 1 amide bonds. The van der Waals surface area contributed by atoms with E-state index in [9.17, 15) is 4.79 Å². The first-order chi connectivity index (χ1) is 41.1. The topological polar surface area (TPSA) is 72.5 Å². The van der Waals surface area contributed by atoms with Gasteiger partial charge in [0.25, 0.3) is 0 Å². The molecule has 0 heterocycles. The van der Waals surface area contributed by atoms with Crippen LogP contribution >= 0.6 is 0 Å². The van der Waals surface area contributed by atoms with Crippen LogP contribution in [0.5, 0.6) is 0 Å². The van der Waals surface area contributed by atoms with Crippen LogP contribution in [0.4, 0.5) is 0 Å². The van der Waals surface area contributed by atoms with Crippen LogP contribution in [0.25, 0.3) is 291 Å². The number of benzene rings is 20. The van der Waals surface area contributed by atoms with Gasteiger partial charge < -0.3 is 10.1 Å². The molecule has 35 rings (SSSR count). The maximum absolute atomic E-state index is 17.3. The van der Waals surface area contributed by atoms with Crippen molar-refractivity contribution >= 4 is 309 Å². The third kappa shape index (κ3) is 2.03. The minimum atomic E-state index is -1.12. The molecule has 2 spiro atoms. The number of esters is 2. The van der Waals surface area contributed by atoms with Gasteiger partial charge in [-0.05, 0) is 331 Å². The maximum Gasteiger partial charge on any atom is 0.345 e. The van der Waals surface area contributed by atoms with Crippen molar-refractivity contribution in [2.24, 2.45) is 5.92 Å². The molecule has 0 radical (unpaired) electrons. The van der Waals surface area contributed by atoms with E-state index in [1.54, 1.807) is 121 Å². The van der Waals surface area contributed by atoms with Gasteiger partial charge in [-0.1, -0.05) is 48.5 Å². The largest absolute Gasteiger partial charge is 0.388 e. The van der Waals surface area contributed by atoms with Crippen molar-refractivity contribution in [2.45, 2.75) is 23.3 Å². The highest BCUT2D eigenvalue weighted by Crippen LogP contribution is 2.92. The second-order valence-corrected chi connectivity index (χ2v) is 28.6. The van der Waals surface area contributed by atoms with E-state index in [0.29, 0.717) is 5.56 Å². The maximum atomic E-state index is 17.3. The predicted octanol–water partition coefficient (Wildman–Crippen LogP) is 18.0. The molecule has 1 N–H and O–H groups in total. The lowest BCUT2D eigenvalue weighted by atomic mass is 9.68. The van der Waals surface area contributed by atoms with E-state index < -0.39 is 34.7 Å².